The zero-order valence-electron chi connectivity index (χ0n) is 23.9. The van der Waals surface area contributed by atoms with Crippen LogP contribution in [-0.2, 0) is 22.7 Å². The minimum Gasteiger partial charge on any atom is -0.438 e. The van der Waals surface area contributed by atoms with Gasteiger partial charge in [0.2, 0.25) is 5.88 Å². The first-order valence-corrected chi connectivity index (χ1v) is 14.9. The molecule has 7 nitrogen and oxygen atoms in total. The number of hydrogen-bond acceptors (Lipinski definition) is 8. The van der Waals surface area contributed by atoms with Gasteiger partial charge >= 0.3 is 6.18 Å². The Labute approximate surface area is 243 Å². The number of hydrogen-bond donors (Lipinski definition) is 0. The van der Waals surface area contributed by atoms with Gasteiger partial charge in [-0.15, -0.1) is 11.3 Å². The summed E-state index contributed by atoms with van der Waals surface area (Å²) in [5.74, 6) is 1.06. The molecule has 2 aromatic heterocycles. The van der Waals surface area contributed by atoms with Crippen LogP contribution in [0.4, 0.5) is 18.2 Å². The number of benzene rings is 1. The van der Waals surface area contributed by atoms with Gasteiger partial charge in [0.25, 0.3) is 0 Å². The van der Waals surface area contributed by atoms with Crippen LogP contribution in [0.2, 0.25) is 0 Å². The van der Waals surface area contributed by atoms with Crippen LogP contribution in [-0.4, -0.2) is 85.3 Å². The van der Waals surface area contributed by atoms with E-state index in [1.54, 1.807) is 12.3 Å². The summed E-state index contributed by atoms with van der Waals surface area (Å²) in [6.07, 6.45) is -2.70. The third-order valence-electron chi connectivity index (χ3n) is 7.51. The van der Waals surface area contributed by atoms with Crippen molar-refractivity contribution in [2.24, 2.45) is 0 Å². The van der Waals surface area contributed by atoms with Gasteiger partial charge in [-0.05, 0) is 17.5 Å². The van der Waals surface area contributed by atoms with Gasteiger partial charge in [0.15, 0.2) is 5.69 Å². The second-order valence-electron chi connectivity index (χ2n) is 11.5. The van der Waals surface area contributed by atoms with E-state index in [4.69, 9.17) is 9.47 Å². The maximum Gasteiger partial charge on any atom is 0.436 e. The van der Waals surface area contributed by atoms with Gasteiger partial charge in [-0.1, -0.05) is 45.0 Å². The van der Waals surface area contributed by atoms with Gasteiger partial charge < -0.3 is 14.4 Å². The van der Waals surface area contributed by atoms with Crippen molar-refractivity contribution in [2.75, 3.05) is 70.5 Å². The number of morpholine rings is 1. The first kappa shape index (κ1) is 29.8. The largest absolute Gasteiger partial charge is 0.438 e. The lowest BCUT2D eigenvalue weighted by atomic mass is 9.86. The Morgan fingerprint density at radius 3 is 2.27 bits per heavy atom. The first-order chi connectivity index (χ1) is 19.6. The number of piperazine rings is 1. The summed E-state index contributed by atoms with van der Waals surface area (Å²) >= 11 is 1.12. The number of nitrogens with zero attached hydrogens (tertiary/aromatic N) is 5. The van der Waals surface area contributed by atoms with E-state index in [9.17, 15) is 13.2 Å². The van der Waals surface area contributed by atoms with Crippen LogP contribution < -0.4 is 9.64 Å². The van der Waals surface area contributed by atoms with Crippen LogP contribution in [0.5, 0.6) is 11.6 Å². The molecular weight excluding hydrogens is 551 g/mol. The van der Waals surface area contributed by atoms with Crippen molar-refractivity contribution < 1.29 is 22.6 Å². The van der Waals surface area contributed by atoms with Crippen LogP contribution in [0.15, 0.2) is 42.6 Å². The molecule has 2 saturated heterocycles. The van der Waals surface area contributed by atoms with Crippen molar-refractivity contribution in [1.29, 1.82) is 0 Å². The van der Waals surface area contributed by atoms with E-state index < -0.39 is 11.9 Å². The molecular formula is C30H38F3N5O2S. The smallest absolute Gasteiger partial charge is 0.436 e. The summed E-state index contributed by atoms with van der Waals surface area (Å²) in [4.78, 5) is 15.1. The Balaban J connectivity index is 1.30. The lowest BCUT2D eigenvalue weighted by Crippen LogP contribution is -2.49. The van der Waals surface area contributed by atoms with Crippen LogP contribution in [0, 0.1) is 0 Å². The number of aromatic nitrogens is 2. The fourth-order valence-electron chi connectivity index (χ4n) is 5.20. The molecule has 0 spiro atoms. The molecule has 11 heteroatoms. The van der Waals surface area contributed by atoms with Gasteiger partial charge in [-0.3, -0.25) is 9.80 Å². The molecule has 41 heavy (non-hydrogen) atoms. The van der Waals surface area contributed by atoms with Crippen LogP contribution in [0.3, 0.4) is 0 Å². The highest BCUT2D eigenvalue weighted by Crippen LogP contribution is 2.42. The van der Waals surface area contributed by atoms with Gasteiger partial charge in [0, 0.05) is 76.1 Å². The zero-order valence-corrected chi connectivity index (χ0v) is 24.7. The molecule has 0 amide bonds. The molecule has 3 aromatic rings. The van der Waals surface area contributed by atoms with Crippen LogP contribution in [0.25, 0.3) is 0 Å². The van der Waals surface area contributed by atoms with E-state index in [1.165, 1.54) is 0 Å². The quantitative estimate of drug-likeness (QED) is 0.335. The molecule has 222 valence electrons. The van der Waals surface area contributed by atoms with Gasteiger partial charge in [0.05, 0.1) is 18.2 Å². The summed E-state index contributed by atoms with van der Waals surface area (Å²) in [5, 5.41) is 0.591. The van der Waals surface area contributed by atoms with E-state index >= 15 is 0 Å². The van der Waals surface area contributed by atoms with Crippen molar-refractivity contribution in [3.05, 3.63) is 64.4 Å². The van der Waals surface area contributed by atoms with Crippen molar-refractivity contribution >= 4 is 16.3 Å². The van der Waals surface area contributed by atoms with E-state index in [2.05, 4.69) is 40.5 Å². The summed E-state index contributed by atoms with van der Waals surface area (Å²) < 4.78 is 54.1. The second-order valence-corrected chi connectivity index (χ2v) is 12.6. The van der Waals surface area contributed by atoms with Crippen LogP contribution >= 0.6 is 11.3 Å². The first-order valence-electron chi connectivity index (χ1n) is 14.1. The Morgan fingerprint density at radius 1 is 0.902 bits per heavy atom. The molecule has 0 aliphatic carbocycles. The monoisotopic (exact) mass is 589 g/mol. The molecule has 2 aliphatic rings. The summed E-state index contributed by atoms with van der Waals surface area (Å²) in [6, 6.07) is 11.4. The lowest BCUT2D eigenvalue weighted by molar-refractivity contribution is -0.140. The van der Waals surface area contributed by atoms with Crippen molar-refractivity contribution in [3.8, 4) is 11.6 Å². The van der Waals surface area contributed by atoms with E-state index in [0.717, 1.165) is 69.4 Å². The lowest BCUT2D eigenvalue weighted by Gasteiger charge is -2.37. The zero-order chi connectivity index (χ0) is 29.0. The van der Waals surface area contributed by atoms with Crippen LogP contribution in [0.1, 0.15) is 42.6 Å². The molecule has 0 saturated carbocycles. The summed E-state index contributed by atoms with van der Waals surface area (Å²) in [7, 11) is 0. The van der Waals surface area contributed by atoms with Gasteiger partial charge in [0.1, 0.15) is 10.8 Å². The normalized spacial score (nSPS) is 17.7. The van der Waals surface area contributed by atoms with Crippen molar-refractivity contribution in [3.63, 3.8) is 0 Å². The number of rotatable bonds is 8. The third-order valence-corrected chi connectivity index (χ3v) is 8.63. The average molecular weight is 590 g/mol. The average Bonchev–Trinajstić information content (AvgIpc) is 3.38. The fraction of sp³-hybridized carbons (Fsp3) is 0.533. The molecule has 0 atom stereocenters. The van der Waals surface area contributed by atoms with Crippen molar-refractivity contribution in [2.45, 2.75) is 38.8 Å². The summed E-state index contributed by atoms with van der Waals surface area (Å²) in [6.45, 7) is 14.1. The highest BCUT2D eigenvalue weighted by molar-refractivity contribution is 7.16. The number of ether oxygens (including phenoxy) is 2. The Morgan fingerprint density at radius 2 is 1.59 bits per heavy atom. The Kier molecular flexibility index (Phi) is 9.18. The SMILES string of the molecule is CC(C)(C)c1ccccc1Oc1ncccc1Cc1nc(C(F)(F)F)c(N2CCN(CCN3CCOCC3)CC2)s1. The summed E-state index contributed by atoms with van der Waals surface area (Å²) in [5.41, 5.74) is 0.766. The number of pyridine rings is 1. The number of alkyl halides is 3. The Hall–Kier alpha value is -2.73. The maximum absolute atomic E-state index is 14.1. The number of thiazole rings is 1. The molecule has 0 radical (unpaired) electrons. The highest BCUT2D eigenvalue weighted by atomic mass is 32.1. The second kappa shape index (κ2) is 12.6. The number of para-hydroxylation sites is 1. The van der Waals surface area contributed by atoms with E-state index in [1.807, 2.05) is 35.2 Å². The molecule has 1 aromatic carbocycles. The Bertz CT molecular complexity index is 1300. The van der Waals surface area contributed by atoms with Crippen molar-refractivity contribution in [1.82, 2.24) is 19.8 Å². The molecule has 2 fully saturated rings. The predicted molar refractivity (Wildman–Crippen MR) is 155 cm³/mol. The maximum atomic E-state index is 14.1. The van der Waals surface area contributed by atoms with Gasteiger partial charge in [-0.25, -0.2) is 9.97 Å². The fourth-order valence-corrected chi connectivity index (χ4v) is 6.36. The molecule has 0 bridgehead atoms. The molecule has 0 unspecified atom stereocenters. The molecule has 4 heterocycles. The molecule has 2 aliphatic heterocycles. The number of halogens is 3. The number of anilines is 1. The molecule has 5 rings (SSSR count). The standard InChI is InChI=1S/C30H38F3N5O2S/c1-29(2,3)23-8-4-5-9-24(23)40-27-22(7-6-10-34-27)21-25-35-26(30(31,32)33)28(41-25)38-15-13-36(14-16-38)11-12-37-17-19-39-20-18-37/h4-10H,11-21H2,1-3H3. The molecule has 0 N–H and O–H groups in total. The van der Waals surface area contributed by atoms with E-state index in [0.29, 0.717) is 35.3 Å². The topological polar surface area (TPSA) is 54.0 Å². The van der Waals surface area contributed by atoms with E-state index in [-0.39, 0.29) is 16.8 Å². The predicted octanol–water partition coefficient (Wildman–Crippen LogP) is 5.69. The highest BCUT2D eigenvalue weighted by Gasteiger charge is 2.40. The minimum atomic E-state index is -4.53. The minimum absolute atomic E-state index is 0.149. The third kappa shape index (κ3) is 7.57. The van der Waals surface area contributed by atoms with Gasteiger partial charge in [-0.2, -0.15) is 13.2 Å².